The summed E-state index contributed by atoms with van der Waals surface area (Å²) in [5.41, 5.74) is 3.42. The summed E-state index contributed by atoms with van der Waals surface area (Å²) in [6.45, 7) is 2.12. The van der Waals surface area contributed by atoms with Gasteiger partial charge in [-0.25, -0.2) is 0 Å². The highest BCUT2D eigenvalue weighted by Gasteiger charge is 2.17. The number of aryl methyl sites for hydroxylation is 1. The molecule has 0 saturated carbocycles. The number of nitrogens with zero attached hydrogens (tertiary/aromatic N) is 3. The van der Waals surface area contributed by atoms with Crippen molar-refractivity contribution in [3.63, 3.8) is 0 Å². The fourth-order valence-electron chi connectivity index (χ4n) is 3.74. The number of rotatable bonds is 5. The van der Waals surface area contributed by atoms with Crippen molar-refractivity contribution in [3.05, 3.63) is 94.9 Å². The minimum Gasteiger partial charge on any atom is -0.497 e. The molecule has 6 heteroatoms. The van der Waals surface area contributed by atoms with Crippen LogP contribution in [0.4, 0.5) is 0 Å². The van der Waals surface area contributed by atoms with Gasteiger partial charge >= 0.3 is 0 Å². The minimum absolute atomic E-state index is 0.121. The van der Waals surface area contributed by atoms with Gasteiger partial charge < -0.3 is 9.26 Å². The number of benzene rings is 3. The van der Waals surface area contributed by atoms with Crippen LogP contribution in [0.3, 0.4) is 0 Å². The van der Waals surface area contributed by atoms with E-state index >= 15 is 0 Å². The number of aromatic nitrogens is 3. The van der Waals surface area contributed by atoms with Gasteiger partial charge in [-0.1, -0.05) is 54.5 Å². The summed E-state index contributed by atoms with van der Waals surface area (Å²) in [6.07, 6.45) is 2.72. The van der Waals surface area contributed by atoms with Crippen molar-refractivity contribution in [2.24, 2.45) is 0 Å². The second-order valence-electron chi connectivity index (χ2n) is 7.44. The Morgan fingerprint density at radius 1 is 0.938 bits per heavy atom. The van der Waals surface area contributed by atoms with Gasteiger partial charge in [-0.15, -0.1) is 0 Å². The van der Waals surface area contributed by atoms with Crippen molar-refractivity contribution in [3.8, 4) is 34.3 Å². The number of methoxy groups -OCH3 is 1. The first-order chi connectivity index (χ1) is 15.7. The Morgan fingerprint density at radius 3 is 2.34 bits per heavy atom. The zero-order valence-corrected chi connectivity index (χ0v) is 17.8. The largest absolute Gasteiger partial charge is 0.497 e. The maximum absolute atomic E-state index is 13.2. The molecule has 0 N–H and O–H groups in total. The van der Waals surface area contributed by atoms with Gasteiger partial charge in [0, 0.05) is 28.2 Å². The summed E-state index contributed by atoms with van der Waals surface area (Å²) in [4.78, 5) is 17.9. The highest BCUT2D eigenvalue weighted by atomic mass is 16.5. The van der Waals surface area contributed by atoms with Crippen LogP contribution in [0.5, 0.6) is 5.75 Å². The van der Waals surface area contributed by atoms with Crippen LogP contribution in [0.1, 0.15) is 12.5 Å². The van der Waals surface area contributed by atoms with Crippen LogP contribution in [-0.2, 0) is 6.42 Å². The minimum atomic E-state index is -0.121. The number of hydrogen-bond acceptors (Lipinski definition) is 5. The Morgan fingerprint density at radius 2 is 1.66 bits per heavy atom. The second-order valence-corrected chi connectivity index (χ2v) is 7.44. The van der Waals surface area contributed by atoms with Gasteiger partial charge in [0.1, 0.15) is 5.75 Å². The SMILES string of the molecule is CCc1ccc(-c2noc(-c3cn(-c4ccc(OC)cc4)c(=O)c4ccccc34)n2)cc1. The van der Waals surface area contributed by atoms with E-state index in [1.807, 2.05) is 60.7 Å². The van der Waals surface area contributed by atoms with Gasteiger partial charge in [-0.3, -0.25) is 9.36 Å². The third-order valence-corrected chi connectivity index (χ3v) is 5.55. The van der Waals surface area contributed by atoms with E-state index in [4.69, 9.17) is 9.26 Å². The van der Waals surface area contributed by atoms with Crippen LogP contribution in [0.2, 0.25) is 0 Å². The quantitative estimate of drug-likeness (QED) is 0.385. The summed E-state index contributed by atoms with van der Waals surface area (Å²) in [6, 6.07) is 22.9. The normalized spacial score (nSPS) is 11.1. The molecule has 5 aromatic rings. The molecule has 0 aliphatic heterocycles. The third-order valence-electron chi connectivity index (χ3n) is 5.55. The Hall–Kier alpha value is -4.19. The van der Waals surface area contributed by atoms with Gasteiger partial charge in [-0.05, 0) is 42.3 Å². The Labute approximate surface area is 184 Å². The van der Waals surface area contributed by atoms with E-state index in [-0.39, 0.29) is 5.56 Å². The van der Waals surface area contributed by atoms with Crippen molar-refractivity contribution < 1.29 is 9.26 Å². The fraction of sp³-hybridized carbons (Fsp3) is 0.115. The summed E-state index contributed by atoms with van der Waals surface area (Å²) < 4.78 is 12.5. The van der Waals surface area contributed by atoms with Crippen molar-refractivity contribution in [2.75, 3.05) is 7.11 Å². The number of pyridine rings is 1. The molecular formula is C26H21N3O3. The Balaban J connectivity index is 1.66. The fourth-order valence-corrected chi connectivity index (χ4v) is 3.74. The lowest BCUT2D eigenvalue weighted by molar-refractivity contribution is 0.414. The highest BCUT2D eigenvalue weighted by molar-refractivity contribution is 5.94. The monoisotopic (exact) mass is 423 g/mol. The molecule has 2 heterocycles. The molecule has 5 rings (SSSR count). The van der Waals surface area contributed by atoms with E-state index in [2.05, 4.69) is 29.2 Å². The van der Waals surface area contributed by atoms with Crippen LogP contribution in [0.25, 0.3) is 39.3 Å². The van der Waals surface area contributed by atoms with Gasteiger partial charge in [0.2, 0.25) is 5.82 Å². The lowest BCUT2D eigenvalue weighted by Gasteiger charge is -2.11. The average Bonchev–Trinajstić information content (AvgIpc) is 3.35. The van der Waals surface area contributed by atoms with E-state index in [9.17, 15) is 4.79 Å². The van der Waals surface area contributed by atoms with E-state index in [0.29, 0.717) is 22.7 Å². The standard InChI is InChI=1S/C26H21N3O3/c1-3-17-8-10-18(11-9-17)24-27-25(32-28-24)23-16-29(19-12-14-20(31-2)15-13-19)26(30)22-7-5-4-6-21(22)23/h4-16H,3H2,1-2H3. The first-order valence-corrected chi connectivity index (χ1v) is 10.4. The number of ether oxygens (including phenoxy) is 1. The molecule has 0 amide bonds. The third kappa shape index (κ3) is 3.46. The highest BCUT2D eigenvalue weighted by Crippen LogP contribution is 2.29. The number of hydrogen-bond donors (Lipinski definition) is 0. The smallest absolute Gasteiger partial charge is 0.262 e. The average molecular weight is 423 g/mol. The van der Waals surface area contributed by atoms with E-state index in [1.54, 1.807) is 17.9 Å². The molecule has 32 heavy (non-hydrogen) atoms. The van der Waals surface area contributed by atoms with E-state index < -0.39 is 0 Å². The van der Waals surface area contributed by atoms with Crippen LogP contribution in [0, 0.1) is 0 Å². The molecule has 0 atom stereocenters. The van der Waals surface area contributed by atoms with Gasteiger partial charge in [-0.2, -0.15) is 4.98 Å². The van der Waals surface area contributed by atoms with Crippen LogP contribution < -0.4 is 10.3 Å². The van der Waals surface area contributed by atoms with Crippen LogP contribution in [-0.4, -0.2) is 21.8 Å². The zero-order chi connectivity index (χ0) is 22.1. The molecule has 0 saturated heterocycles. The molecule has 3 aromatic carbocycles. The van der Waals surface area contributed by atoms with Crippen LogP contribution >= 0.6 is 0 Å². The Bertz CT molecular complexity index is 1450. The molecule has 0 radical (unpaired) electrons. The molecule has 158 valence electrons. The molecule has 0 fully saturated rings. The maximum Gasteiger partial charge on any atom is 0.262 e. The number of fused-ring (bicyclic) bond motifs is 1. The van der Waals surface area contributed by atoms with Crippen molar-refractivity contribution >= 4 is 10.8 Å². The predicted octanol–water partition coefficient (Wildman–Crippen LogP) is 5.28. The lowest BCUT2D eigenvalue weighted by atomic mass is 10.1. The summed E-state index contributed by atoms with van der Waals surface area (Å²) in [5.74, 6) is 1.59. The van der Waals surface area contributed by atoms with Crippen LogP contribution in [0.15, 0.2) is 88.3 Å². The van der Waals surface area contributed by atoms with Gasteiger partial charge in [0.15, 0.2) is 0 Å². The lowest BCUT2D eigenvalue weighted by Crippen LogP contribution is -2.18. The molecule has 0 spiro atoms. The second kappa shape index (κ2) is 8.15. The molecule has 0 aliphatic rings. The summed E-state index contributed by atoms with van der Waals surface area (Å²) in [5, 5.41) is 5.52. The van der Waals surface area contributed by atoms with E-state index in [1.165, 1.54) is 5.56 Å². The van der Waals surface area contributed by atoms with Crippen molar-refractivity contribution in [1.29, 1.82) is 0 Å². The molecule has 0 unspecified atom stereocenters. The van der Waals surface area contributed by atoms with Gasteiger partial charge in [0.25, 0.3) is 11.4 Å². The molecular weight excluding hydrogens is 402 g/mol. The molecule has 6 nitrogen and oxygen atoms in total. The summed E-state index contributed by atoms with van der Waals surface area (Å²) >= 11 is 0. The van der Waals surface area contributed by atoms with Crippen molar-refractivity contribution in [2.45, 2.75) is 13.3 Å². The topological polar surface area (TPSA) is 70.2 Å². The molecule has 2 aromatic heterocycles. The molecule has 0 aliphatic carbocycles. The maximum atomic E-state index is 13.2. The summed E-state index contributed by atoms with van der Waals surface area (Å²) in [7, 11) is 1.61. The van der Waals surface area contributed by atoms with Crippen molar-refractivity contribution in [1.82, 2.24) is 14.7 Å². The Kier molecular flexibility index (Phi) is 5.03. The molecule has 0 bridgehead atoms. The first kappa shape index (κ1) is 19.8. The first-order valence-electron chi connectivity index (χ1n) is 10.4. The van der Waals surface area contributed by atoms with E-state index in [0.717, 1.165) is 28.8 Å². The predicted molar refractivity (Wildman–Crippen MR) is 124 cm³/mol. The van der Waals surface area contributed by atoms with Gasteiger partial charge in [0.05, 0.1) is 12.7 Å². The zero-order valence-electron chi connectivity index (χ0n) is 17.8.